The molecule has 1 heterocycles. The molecule has 0 aromatic heterocycles. The van der Waals surface area contributed by atoms with Crippen LogP contribution < -0.4 is 19.1 Å². The van der Waals surface area contributed by atoms with Crippen LogP contribution in [0.15, 0.2) is 71.6 Å². The van der Waals surface area contributed by atoms with E-state index in [0.29, 0.717) is 30.1 Å². The van der Waals surface area contributed by atoms with Gasteiger partial charge in [0.05, 0.1) is 24.8 Å². The Bertz CT molecular complexity index is 1350. The molecule has 0 fully saturated rings. The third kappa shape index (κ3) is 5.07. The summed E-state index contributed by atoms with van der Waals surface area (Å²) in [4.78, 5) is 24.9. The number of rotatable bonds is 8. The van der Waals surface area contributed by atoms with E-state index in [-0.39, 0.29) is 16.2 Å². The molecule has 4 rings (SSSR count). The van der Waals surface area contributed by atoms with E-state index in [1.807, 2.05) is 12.1 Å². The van der Waals surface area contributed by atoms with Crippen LogP contribution >= 0.6 is 0 Å². The predicted octanol–water partition coefficient (Wildman–Crippen LogP) is 3.25. The molecule has 0 atom stereocenters. The van der Waals surface area contributed by atoms with E-state index in [9.17, 15) is 18.0 Å². The molecule has 1 amide bonds. The van der Waals surface area contributed by atoms with Crippen molar-refractivity contribution in [3.63, 3.8) is 0 Å². The van der Waals surface area contributed by atoms with E-state index in [1.165, 1.54) is 36.7 Å². The minimum Gasteiger partial charge on any atom is -0.497 e. The minimum atomic E-state index is -3.93. The van der Waals surface area contributed by atoms with Gasteiger partial charge < -0.3 is 19.5 Å². The molecule has 0 saturated carbocycles. The molecule has 9 nitrogen and oxygen atoms in total. The average Bonchev–Trinajstić information content (AvgIpc) is 3.32. The zero-order valence-corrected chi connectivity index (χ0v) is 20.0. The molecule has 3 aromatic carbocycles. The summed E-state index contributed by atoms with van der Waals surface area (Å²) >= 11 is 0. The highest BCUT2D eigenvalue weighted by atomic mass is 32.2. The van der Waals surface area contributed by atoms with Gasteiger partial charge in [-0.3, -0.25) is 9.10 Å². The first-order valence-electron chi connectivity index (χ1n) is 10.7. The van der Waals surface area contributed by atoms with Crippen LogP contribution in [0, 0.1) is 0 Å². The molecular formula is C25H24N2O7S. The van der Waals surface area contributed by atoms with Gasteiger partial charge in [0.1, 0.15) is 17.1 Å². The van der Waals surface area contributed by atoms with E-state index in [2.05, 4.69) is 5.32 Å². The summed E-state index contributed by atoms with van der Waals surface area (Å²) in [6, 6.07) is 17.9. The van der Waals surface area contributed by atoms with Crippen molar-refractivity contribution in [1.82, 2.24) is 0 Å². The molecule has 1 N–H and O–H groups in total. The predicted molar refractivity (Wildman–Crippen MR) is 130 cm³/mol. The summed E-state index contributed by atoms with van der Waals surface area (Å²) in [6.45, 7) is -0.260. The van der Waals surface area contributed by atoms with Crippen LogP contribution in [0.25, 0.3) is 0 Å². The van der Waals surface area contributed by atoms with Crippen molar-refractivity contribution in [2.75, 3.05) is 37.0 Å². The quantitative estimate of drug-likeness (QED) is 0.477. The Morgan fingerprint density at radius 2 is 1.71 bits per heavy atom. The first-order chi connectivity index (χ1) is 16.8. The Morgan fingerprint density at radius 1 is 0.971 bits per heavy atom. The average molecular weight is 497 g/mol. The third-order valence-electron chi connectivity index (χ3n) is 5.53. The summed E-state index contributed by atoms with van der Waals surface area (Å²) in [6.07, 6.45) is 0.601. The smallest absolute Gasteiger partial charge is 0.342 e. The molecule has 1 aliphatic rings. The molecular weight excluding hydrogens is 472 g/mol. The Hall–Kier alpha value is -4.05. The lowest BCUT2D eigenvalue weighted by Gasteiger charge is -2.20. The Labute approximate surface area is 203 Å². The van der Waals surface area contributed by atoms with Gasteiger partial charge in [0, 0.05) is 12.2 Å². The molecule has 1 aliphatic heterocycles. The van der Waals surface area contributed by atoms with Gasteiger partial charge in [0.15, 0.2) is 6.61 Å². The number of benzene rings is 3. The van der Waals surface area contributed by atoms with E-state index in [0.717, 1.165) is 5.56 Å². The number of hydrogen-bond donors (Lipinski definition) is 1. The number of fused-ring (bicyclic) bond motifs is 1. The van der Waals surface area contributed by atoms with Crippen molar-refractivity contribution in [2.45, 2.75) is 11.3 Å². The van der Waals surface area contributed by atoms with Gasteiger partial charge in [-0.15, -0.1) is 0 Å². The fraction of sp³-hybridized carbons (Fsp3) is 0.200. The molecule has 0 bridgehead atoms. The number of nitrogens with one attached hydrogen (secondary N) is 1. The van der Waals surface area contributed by atoms with E-state index >= 15 is 0 Å². The number of sulfonamides is 1. The van der Waals surface area contributed by atoms with E-state index in [4.69, 9.17) is 14.2 Å². The fourth-order valence-corrected chi connectivity index (χ4v) is 5.30. The Morgan fingerprint density at radius 3 is 2.43 bits per heavy atom. The normalized spacial score (nSPS) is 12.6. The summed E-state index contributed by atoms with van der Waals surface area (Å²) in [7, 11) is -1.04. The van der Waals surface area contributed by atoms with Crippen molar-refractivity contribution >= 4 is 33.3 Å². The van der Waals surface area contributed by atoms with Crippen LogP contribution in [0.1, 0.15) is 15.9 Å². The second-order valence-corrected chi connectivity index (χ2v) is 9.53. The van der Waals surface area contributed by atoms with Gasteiger partial charge >= 0.3 is 5.97 Å². The Balaban J connectivity index is 1.49. The van der Waals surface area contributed by atoms with Gasteiger partial charge in [0.25, 0.3) is 15.9 Å². The second kappa shape index (κ2) is 10.1. The number of carbonyl (C=O) groups excluding carboxylic acids is 2. The van der Waals surface area contributed by atoms with Crippen LogP contribution in [0.5, 0.6) is 11.5 Å². The van der Waals surface area contributed by atoms with Crippen LogP contribution in [0.3, 0.4) is 0 Å². The highest BCUT2D eigenvalue weighted by Crippen LogP contribution is 2.34. The maximum Gasteiger partial charge on any atom is 0.342 e. The van der Waals surface area contributed by atoms with Crippen molar-refractivity contribution < 1.29 is 32.2 Å². The number of nitrogens with zero attached hydrogens (tertiary/aromatic N) is 1. The fourth-order valence-electron chi connectivity index (χ4n) is 3.77. The molecule has 182 valence electrons. The second-order valence-electron chi connectivity index (χ2n) is 7.67. The highest BCUT2D eigenvalue weighted by molar-refractivity contribution is 7.92. The molecule has 0 radical (unpaired) electrons. The molecule has 35 heavy (non-hydrogen) atoms. The summed E-state index contributed by atoms with van der Waals surface area (Å²) in [5.74, 6) is -0.675. The maximum absolute atomic E-state index is 13.3. The monoisotopic (exact) mass is 496 g/mol. The van der Waals surface area contributed by atoms with Crippen LogP contribution in [0.2, 0.25) is 0 Å². The third-order valence-corrected chi connectivity index (χ3v) is 7.34. The largest absolute Gasteiger partial charge is 0.497 e. The van der Waals surface area contributed by atoms with Crippen molar-refractivity contribution in [3.05, 3.63) is 77.9 Å². The van der Waals surface area contributed by atoms with Crippen LogP contribution in [0.4, 0.5) is 11.4 Å². The Kier molecular flexibility index (Phi) is 6.92. The number of amides is 1. The minimum absolute atomic E-state index is 0.0790. The van der Waals surface area contributed by atoms with Crippen LogP contribution in [-0.2, 0) is 26.0 Å². The first-order valence-corrected chi connectivity index (χ1v) is 12.2. The highest BCUT2D eigenvalue weighted by Gasteiger charge is 2.31. The summed E-state index contributed by atoms with van der Waals surface area (Å²) in [5, 5.41) is 2.61. The van der Waals surface area contributed by atoms with Gasteiger partial charge in [-0.25, -0.2) is 13.2 Å². The SMILES string of the molecule is COc1ccc(NC(=O)COC(=O)c2cc(S(=O)(=O)N3CCc4ccccc43)ccc2OC)cc1. The van der Waals surface area contributed by atoms with E-state index in [1.54, 1.807) is 36.4 Å². The molecule has 0 aliphatic carbocycles. The molecule has 0 saturated heterocycles. The number of carbonyl (C=O) groups is 2. The molecule has 3 aromatic rings. The van der Waals surface area contributed by atoms with Crippen LogP contribution in [-0.4, -0.2) is 47.7 Å². The number of methoxy groups -OCH3 is 2. The maximum atomic E-state index is 13.3. The molecule has 0 spiro atoms. The number of esters is 1. The molecule has 10 heteroatoms. The van der Waals surface area contributed by atoms with Crippen molar-refractivity contribution in [2.24, 2.45) is 0 Å². The van der Waals surface area contributed by atoms with Gasteiger partial charge in [-0.05, 0) is 60.5 Å². The topological polar surface area (TPSA) is 111 Å². The number of ether oxygens (including phenoxy) is 3. The van der Waals surface area contributed by atoms with Gasteiger partial charge in [-0.2, -0.15) is 0 Å². The standard InChI is InChI=1S/C25H24N2O7S/c1-32-19-9-7-18(8-10-19)26-24(28)16-34-25(29)21-15-20(11-12-23(21)33-2)35(30,31)27-14-13-17-5-3-4-6-22(17)27/h3-12,15H,13-14,16H2,1-2H3,(H,26,28). The van der Waals surface area contributed by atoms with E-state index < -0.39 is 28.5 Å². The van der Waals surface area contributed by atoms with Crippen molar-refractivity contribution in [3.8, 4) is 11.5 Å². The summed E-state index contributed by atoms with van der Waals surface area (Å²) in [5.41, 5.74) is 1.96. The summed E-state index contributed by atoms with van der Waals surface area (Å²) < 4.78 is 43.4. The lowest BCUT2D eigenvalue weighted by molar-refractivity contribution is -0.119. The molecule has 0 unspecified atom stereocenters. The lowest BCUT2D eigenvalue weighted by atomic mass is 10.2. The van der Waals surface area contributed by atoms with Gasteiger partial charge in [0.2, 0.25) is 0 Å². The number of anilines is 2. The van der Waals surface area contributed by atoms with Gasteiger partial charge in [-0.1, -0.05) is 18.2 Å². The number of hydrogen-bond acceptors (Lipinski definition) is 7. The lowest BCUT2D eigenvalue weighted by Crippen LogP contribution is -2.29. The van der Waals surface area contributed by atoms with Crippen molar-refractivity contribution in [1.29, 1.82) is 0 Å². The zero-order chi connectivity index (χ0) is 25.0. The first kappa shape index (κ1) is 24.1. The number of para-hydroxylation sites is 1. The zero-order valence-electron chi connectivity index (χ0n) is 19.2.